The molecule has 0 aliphatic carbocycles. The van der Waals surface area contributed by atoms with E-state index < -0.39 is 40.8 Å². The molecule has 1 aromatic heterocycles. The van der Waals surface area contributed by atoms with Crippen LogP contribution in [0.15, 0.2) is 6.07 Å². The molecule has 18 heavy (non-hydrogen) atoms. The zero-order valence-corrected chi connectivity index (χ0v) is 8.04. The van der Waals surface area contributed by atoms with Gasteiger partial charge in [0.15, 0.2) is 11.4 Å². The first kappa shape index (κ1) is 14.0. The fourth-order valence-electron chi connectivity index (χ4n) is 0.979. The van der Waals surface area contributed by atoms with Gasteiger partial charge in [-0.25, -0.2) is 13.8 Å². The minimum absolute atomic E-state index is 0.0999. The molecule has 0 radical (unpaired) electrons. The second-order valence-electron chi connectivity index (χ2n) is 2.79. The van der Waals surface area contributed by atoms with E-state index in [2.05, 4.69) is 9.72 Å². The smallest absolute Gasteiger partial charge is 0.401 e. The number of rotatable bonds is 3. The summed E-state index contributed by atoms with van der Waals surface area (Å²) in [7, 11) is 0. The van der Waals surface area contributed by atoms with Gasteiger partial charge in [0.25, 0.3) is 12.4 Å². The highest BCUT2D eigenvalue weighted by molar-refractivity contribution is 5.42. The molecule has 0 aliphatic rings. The zero-order chi connectivity index (χ0) is 14.1. The summed E-state index contributed by atoms with van der Waals surface area (Å²) in [5, 5.41) is 10.3. The molecule has 0 spiro atoms. The van der Waals surface area contributed by atoms with E-state index in [4.69, 9.17) is 0 Å². The van der Waals surface area contributed by atoms with Gasteiger partial charge >= 0.3 is 12.0 Å². The van der Waals surface area contributed by atoms with Crippen molar-refractivity contribution in [2.45, 2.75) is 12.8 Å². The number of ether oxygens (including phenoxy) is 1. The van der Waals surface area contributed by atoms with E-state index in [9.17, 15) is 36.5 Å². The van der Waals surface area contributed by atoms with Crippen LogP contribution in [0.4, 0.5) is 32.0 Å². The minimum atomic E-state index is -5.33. The second-order valence-corrected chi connectivity index (χ2v) is 2.79. The number of pyridine rings is 1. The Morgan fingerprint density at radius 3 is 2.33 bits per heavy atom. The quantitative estimate of drug-likeness (QED) is 0.368. The van der Waals surface area contributed by atoms with Gasteiger partial charge in [0.1, 0.15) is 0 Å². The topological polar surface area (TPSA) is 65.3 Å². The molecule has 0 saturated heterocycles. The van der Waals surface area contributed by atoms with E-state index in [0.29, 0.717) is 0 Å². The predicted molar refractivity (Wildman–Crippen MR) is 42.5 cm³/mol. The lowest BCUT2D eigenvalue weighted by molar-refractivity contribution is -0.387. The Bertz CT molecular complexity index is 475. The first-order chi connectivity index (χ1) is 8.11. The Morgan fingerprint density at radius 1 is 1.39 bits per heavy atom. The summed E-state index contributed by atoms with van der Waals surface area (Å²) in [5.41, 5.74) is -3.04. The van der Waals surface area contributed by atoms with Crippen molar-refractivity contribution < 1.29 is 36.0 Å². The summed E-state index contributed by atoms with van der Waals surface area (Å²) in [6, 6.07) is -0.0999. The number of nitro groups is 1. The van der Waals surface area contributed by atoms with Gasteiger partial charge in [-0.2, -0.15) is 4.39 Å². The molecule has 1 heterocycles. The van der Waals surface area contributed by atoms with Crippen molar-refractivity contribution in [2.75, 3.05) is 0 Å². The van der Waals surface area contributed by atoms with E-state index >= 15 is 0 Å². The Balaban J connectivity index is 3.32. The summed E-state index contributed by atoms with van der Waals surface area (Å²) in [6.07, 6.45) is -8.84. The fourth-order valence-corrected chi connectivity index (χ4v) is 0.979. The Hall–Kier alpha value is -2.07. The molecule has 5 nitrogen and oxygen atoms in total. The third-order valence-electron chi connectivity index (χ3n) is 1.58. The number of alkyl halides is 5. The van der Waals surface area contributed by atoms with Gasteiger partial charge in [-0.15, -0.1) is 13.2 Å². The Kier molecular flexibility index (Phi) is 3.62. The average molecular weight is 276 g/mol. The lowest BCUT2D eigenvalue weighted by Crippen LogP contribution is -2.19. The largest absolute Gasteiger partial charge is 0.573 e. The van der Waals surface area contributed by atoms with E-state index in [1.807, 2.05) is 0 Å². The molecule has 0 saturated carbocycles. The third-order valence-corrected chi connectivity index (χ3v) is 1.58. The van der Waals surface area contributed by atoms with Gasteiger partial charge in [0.2, 0.25) is 0 Å². The molecular weight excluding hydrogens is 274 g/mol. The van der Waals surface area contributed by atoms with Crippen LogP contribution in [-0.2, 0) is 0 Å². The maximum absolute atomic E-state index is 12.9. The van der Waals surface area contributed by atoms with Crippen molar-refractivity contribution in [3.05, 3.63) is 27.8 Å². The average Bonchev–Trinajstić information content (AvgIpc) is 2.17. The van der Waals surface area contributed by atoms with Crippen molar-refractivity contribution >= 4 is 5.69 Å². The number of aromatic nitrogens is 1. The van der Waals surface area contributed by atoms with Gasteiger partial charge in [0, 0.05) is 0 Å². The highest BCUT2D eigenvalue weighted by atomic mass is 19.4. The molecule has 0 N–H and O–H groups in total. The second kappa shape index (κ2) is 4.66. The fraction of sp³-hybridized carbons (Fsp3) is 0.286. The van der Waals surface area contributed by atoms with Crippen LogP contribution in [0.5, 0.6) is 5.75 Å². The van der Waals surface area contributed by atoms with Crippen LogP contribution in [0.25, 0.3) is 0 Å². The van der Waals surface area contributed by atoms with Crippen molar-refractivity contribution in [1.82, 2.24) is 4.98 Å². The summed E-state index contributed by atoms with van der Waals surface area (Å²) in [5.74, 6) is -3.67. The van der Waals surface area contributed by atoms with Crippen LogP contribution in [0.1, 0.15) is 12.1 Å². The third kappa shape index (κ3) is 3.21. The molecule has 0 amide bonds. The molecule has 0 atom stereocenters. The van der Waals surface area contributed by atoms with Gasteiger partial charge < -0.3 is 4.74 Å². The minimum Gasteiger partial charge on any atom is -0.401 e. The van der Waals surface area contributed by atoms with E-state index in [1.54, 1.807) is 0 Å². The molecule has 0 fully saturated rings. The Morgan fingerprint density at radius 2 is 1.94 bits per heavy atom. The normalized spacial score (nSPS) is 11.7. The first-order valence-electron chi connectivity index (χ1n) is 4.00. The molecule has 0 aromatic carbocycles. The molecule has 0 aliphatic heterocycles. The maximum atomic E-state index is 12.9. The van der Waals surface area contributed by atoms with Crippen LogP contribution >= 0.6 is 0 Å². The zero-order valence-electron chi connectivity index (χ0n) is 8.04. The highest BCUT2D eigenvalue weighted by Gasteiger charge is 2.35. The van der Waals surface area contributed by atoms with Crippen molar-refractivity contribution in [3.8, 4) is 5.75 Å². The molecule has 1 rings (SSSR count). The summed E-state index contributed by atoms with van der Waals surface area (Å²) in [6.45, 7) is 0. The van der Waals surface area contributed by atoms with Gasteiger partial charge in [-0.3, -0.25) is 10.1 Å². The van der Waals surface area contributed by atoms with Crippen molar-refractivity contribution in [2.24, 2.45) is 0 Å². The van der Waals surface area contributed by atoms with E-state index in [0.717, 1.165) is 0 Å². The first-order valence-corrected chi connectivity index (χ1v) is 4.00. The SMILES string of the molecule is O=[N+]([O-])c1cc(OC(F)(F)F)c(F)nc1C(F)F. The highest BCUT2D eigenvalue weighted by Crippen LogP contribution is 2.33. The van der Waals surface area contributed by atoms with Crippen LogP contribution in [0, 0.1) is 16.1 Å². The standard InChI is InChI=1S/C7H2F6N2O3/c8-5(9)4-2(15(16)17)1-3(6(10)14-4)18-7(11,12)13/h1,5H. The summed E-state index contributed by atoms with van der Waals surface area (Å²) in [4.78, 5) is 11.3. The van der Waals surface area contributed by atoms with Crippen molar-refractivity contribution in [3.63, 3.8) is 0 Å². The van der Waals surface area contributed by atoms with Crippen LogP contribution in [-0.4, -0.2) is 16.3 Å². The molecule has 100 valence electrons. The van der Waals surface area contributed by atoms with Crippen LogP contribution < -0.4 is 4.74 Å². The van der Waals surface area contributed by atoms with E-state index in [-0.39, 0.29) is 6.07 Å². The van der Waals surface area contributed by atoms with Gasteiger partial charge in [0.05, 0.1) is 11.0 Å². The van der Waals surface area contributed by atoms with Crippen molar-refractivity contribution in [1.29, 1.82) is 0 Å². The van der Waals surface area contributed by atoms with Gasteiger partial charge in [-0.05, 0) is 0 Å². The predicted octanol–water partition coefficient (Wildman–Crippen LogP) is 2.97. The molecular formula is C7H2F6N2O3. The lowest BCUT2D eigenvalue weighted by atomic mass is 10.3. The lowest BCUT2D eigenvalue weighted by Gasteiger charge is -2.10. The van der Waals surface area contributed by atoms with E-state index in [1.165, 1.54) is 0 Å². The number of hydrogen-bond donors (Lipinski definition) is 0. The molecule has 0 unspecified atom stereocenters. The summed E-state index contributed by atoms with van der Waals surface area (Å²) < 4.78 is 75.8. The monoisotopic (exact) mass is 276 g/mol. The van der Waals surface area contributed by atoms with Crippen LogP contribution in [0.3, 0.4) is 0 Å². The molecule has 11 heteroatoms. The van der Waals surface area contributed by atoms with Gasteiger partial charge in [-0.1, -0.05) is 0 Å². The number of halogens is 6. The molecule has 0 bridgehead atoms. The molecule has 1 aromatic rings. The number of hydrogen-bond acceptors (Lipinski definition) is 4. The number of nitrogens with zero attached hydrogens (tertiary/aromatic N) is 2. The maximum Gasteiger partial charge on any atom is 0.573 e. The Labute approximate surface area is 94.1 Å². The summed E-state index contributed by atoms with van der Waals surface area (Å²) >= 11 is 0. The van der Waals surface area contributed by atoms with Crippen LogP contribution in [0.2, 0.25) is 0 Å².